The molecule has 3 rings (SSSR count). The number of halogens is 1. The highest BCUT2D eigenvalue weighted by Crippen LogP contribution is 2.25. The molecule has 2 amide bonds. The number of amides is 2. The minimum Gasteiger partial charge on any atom is -0.348 e. The van der Waals surface area contributed by atoms with Crippen LogP contribution in [0.4, 0.5) is 11.4 Å². The molecule has 0 aliphatic rings. The third kappa shape index (κ3) is 5.66. The van der Waals surface area contributed by atoms with E-state index in [1.54, 1.807) is 48.5 Å². The van der Waals surface area contributed by atoms with E-state index in [0.717, 1.165) is 9.87 Å². The molecule has 0 atom stereocenters. The minimum atomic E-state index is -3.89. The fourth-order valence-corrected chi connectivity index (χ4v) is 4.43. The Morgan fingerprint density at radius 1 is 0.969 bits per heavy atom. The second-order valence-electron chi connectivity index (χ2n) is 7.04. The maximum absolute atomic E-state index is 13.0. The van der Waals surface area contributed by atoms with Gasteiger partial charge in [-0.15, -0.1) is 0 Å². The molecule has 0 heterocycles. The third-order valence-electron chi connectivity index (χ3n) is 4.63. The van der Waals surface area contributed by atoms with Crippen LogP contribution in [0.1, 0.15) is 22.8 Å². The van der Waals surface area contributed by atoms with E-state index in [2.05, 4.69) is 10.6 Å². The molecule has 3 aromatic carbocycles. The number of benzene rings is 3. The summed E-state index contributed by atoms with van der Waals surface area (Å²) in [7, 11) is -2.47. The quantitative estimate of drug-likeness (QED) is 0.543. The first-order valence-corrected chi connectivity index (χ1v) is 11.5. The van der Waals surface area contributed by atoms with E-state index in [1.165, 1.54) is 32.2 Å². The second kappa shape index (κ2) is 9.84. The molecule has 32 heavy (non-hydrogen) atoms. The molecule has 3 aromatic rings. The lowest BCUT2D eigenvalue weighted by Gasteiger charge is -2.20. The van der Waals surface area contributed by atoms with Crippen LogP contribution in [-0.4, -0.2) is 27.3 Å². The number of nitrogens with zero attached hydrogens (tertiary/aromatic N) is 1. The van der Waals surface area contributed by atoms with E-state index in [9.17, 15) is 18.0 Å². The van der Waals surface area contributed by atoms with E-state index in [0.29, 0.717) is 16.4 Å². The highest BCUT2D eigenvalue weighted by molar-refractivity contribution is 7.92. The zero-order valence-electron chi connectivity index (χ0n) is 17.5. The summed E-state index contributed by atoms with van der Waals surface area (Å²) in [6, 6.07) is 19.4. The van der Waals surface area contributed by atoms with Crippen LogP contribution >= 0.6 is 11.6 Å². The Morgan fingerprint density at radius 2 is 1.69 bits per heavy atom. The summed E-state index contributed by atoms with van der Waals surface area (Å²) in [5, 5.41) is 5.87. The number of carbonyl (C=O) groups excluding carboxylic acids is 2. The standard InChI is InChI=1S/C23H22ClN3O4S/c1-16(28)26-20-9-3-6-17(12-20)15-25-23(29)18-7-4-11-22(13-18)32(30,31)27(2)21-10-5-8-19(24)14-21/h3-14H,15H2,1-2H3,(H,25,29)(H,26,28). The van der Waals surface area contributed by atoms with Crippen LogP contribution in [0.3, 0.4) is 0 Å². The van der Waals surface area contributed by atoms with Crippen molar-refractivity contribution in [3.8, 4) is 0 Å². The average Bonchev–Trinajstić information content (AvgIpc) is 2.77. The van der Waals surface area contributed by atoms with Crippen LogP contribution in [0.15, 0.2) is 77.7 Å². The Bertz CT molecular complexity index is 1260. The Morgan fingerprint density at radius 3 is 2.41 bits per heavy atom. The van der Waals surface area contributed by atoms with Crippen molar-refractivity contribution >= 4 is 44.8 Å². The van der Waals surface area contributed by atoms with Gasteiger partial charge < -0.3 is 10.6 Å². The number of hydrogen-bond acceptors (Lipinski definition) is 4. The molecule has 0 saturated carbocycles. The maximum Gasteiger partial charge on any atom is 0.264 e. The van der Waals surface area contributed by atoms with Gasteiger partial charge in [-0.25, -0.2) is 8.42 Å². The van der Waals surface area contributed by atoms with Gasteiger partial charge in [-0.1, -0.05) is 35.9 Å². The van der Waals surface area contributed by atoms with Crippen LogP contribution in [-0.2, 0) is 21.4 Å². The molecule has 9 heteroatoms. The van der Waals surface area contributed by atoms with Crippen molar-refractivity contribution in [2.24, 2.45) is 0 Å². The maximum atomic E-state index is 13.0. The number of hydrogen-bond donors (Lipinski definition) is 2. The first kappa shape index (κ1) is 23.3. The van der Waals surface area contributed by atoms with Crippen molar-refractivity contribution in [2.45, 2.75) is 18.4 Å². The summed E-state index contributed by atoms with van der Waals surface area (Å²) < 4.78 is 27.2. The molecule has 0 fully saturated rings. The Balaban J connectivity index is 1.75. The van der Waals surface area contributed by atoms with E-state index >= 15 is 0 Å². The van der Waals surface area contributed by atoms with Crippen molar-refractivity contribution in [1.29, 1.82) is 0 Å². The van der Waals surface area contributed by atoms with Gasteiger partial charge in [0, 0.05) is 36.8 Å². The van der Waals surface area contributed by atoms with Gasteiger partial charge >= 0.3 is 0 Å². The Labute approximate surface area is 192 Å². The molecule has 7 nitrogen and oxygen atoms in total. The molecule has 0 radical (unpaired) electrons. The molecule has 0 aromatic heterocycles. The van der Waals surface area contributed by atoms with Crippen molar-refractivity contribution in [3.63, 3.8) is 0 Å². The van der Waals surface area contributed by atoms with Gasteiger partial charge in [0.1, 0.15) is 0 Å². The van der Waals surface area contributed by atoms with E-state index in [1.807, 2.05) is 6.07 Å². The van der Waals surface area contributed by atoms with Crippen molar-refractivity contribution in [2.75, 3.05) is 16.7 Å². The van der Waals surface area contributed by atoms with Crippen molar-refractivity contribution in [3.05, 3.63) is 88.9 Å². The van der Waals surface area contributed by atoms with E-state index in [4.69, 9.17) is 11.6 Å². The van der Waals surface area contributed by atoms with Gasteiger partial charge in [0.25, 0.3) is 15.9 Å². The lowest BCUT2D eigenvalue weighted by Crippen LogP contribution is -2.27. The smallest absolute Gasteiger partial charge is 0.264 e. The molecule has 0 aliphatic heterocycles. The largest absolute Gasteiger partial charge is 0.348 e. The highest BCUT2D eigenvalue weighted by Gasteiger charge is 2.22. The molecule has 166 valence electrons. The topological polar surface area (TPSA) is 95.6 Å². The third-order valence-corrected chi connectivity index (χ3v) is 6.64. The summed E-state index contributed by atoms with van der Waals surface area (Å²) in [6.07, 6.45) is 0. The molecular weight excluding hydrogens is 450 g/mol. The zero-order chi connectivity index (χ0) is 23.3. The SMILES string of the molecule is CC(=O)Nc1cccc(CNC(=O)c2cccc(S(=O)(=O)N(C)c3cccc(Cl)c3)c2)c1. The molecule has 0 aliphatic carbocycles. The molecule has 0 unspecified atom stereocenters. The van der Waals surface area contributed by atoms with Gasteiger partial charge in [-0.05, 0) is 54.1 Å². The molecule has 0 bridgehead atoms. The lowest BCUT2D eigenvalue weighted by molar-refractivity contribution is -0.114. The molecule has 0 saturated heterocycles. The van der Waals surface area contributed by atoms with Crippen LogP contribution < -0.4 is 14.9 Å². The van der Waals surface area contributed by atoms with Crippen LogP contribution in [0, 0.1) is 0 Å². The van der Waals surface area contributed by atoms with Crippen LogP contribution in [0.2, 0.25) is 5.02 Å². The van der Waals surface area contributed by atoms with Gasteiger partial charge in [-0.2, -0.15) is 0 Å². The number of carbonyl (C=O) groups is 2. The van der Waals surface area contributed by atoms with Gasteiger partial charge in [0.05, 0.1) is 10.6 Å². The summed E-state index contributed by atoms with van der Waals surface area (Å²) in [5.41, 5.74) is 2.03. The highest BCUT2D eigenvalue weighted by atomic mass is 35.5. The van der Waals surface area contributed by atoms with Crippen LogP contribution in [0.5, 0.6) is 0 Å². The number of rotatable bonds is 7. The van der Waals surface area contributed by atoms with Crippen molar-refractivity contribution in [1.82, 2.24) is 5.32 Å². The zero-order valence-corrected chi connectivity index (χ0v) is 19.1. The van der Waals surface area contributed by atoms with Gasteiger partial charge in [0.15, 0.2) is 0 Å². The lowest BCUT2D eigenvalue weighted by atomic mass is 10.1. The summed E-state index contributed by atoms with van der Waals surface area (Å²) >= 11 is 5.98. The minimum absolute atomic E-state index is 0.0136. The fraction of sp³-hybridized carbons (Fsp3) is 0.130. The molecule has 2 N–H and O–H groups in total. The Hall–Kier alpha value is -3.36. The van der Waals surface area contributed by atoms with Crippen molar-refractivity contribution < 1.29 is 18.0 Å². The predicted octanol–water partition coefficient (Wildman–Crippen LogP) is 4.05. The summed E-state index contributed by atoms with van der Waals surface area (Å²) in [6.45, 7) is 1.63. The van der Waals surface area contributed by atoms with E-state index < -0.39 is 15.9 Å². The summed E-state index contributed by atoms with van der Waals surface area (Å²) in [5.74, 6) is -0.607. The monoisotopic (exact) mass is 471 g/mol. The predicted molar refractivity (Wildman–Crippen MR) is 125 cm³/mol. The van der Waals surface area contributed by atoms with Gasteiger partial charge in [0.2, 0.25) is 5.91 Å². The molecule has 0 spiro atoms. The summed E-state index contributed by atoms with van der Waals surface area (Å²) in [4.78, 5) is 23.8. The fourth-order valence-electron chi connectivity index (χ4n) is 3.01. The van der Waals surface area contributed by atoms with Gasteiger partial charge in [-0.3, -0.25) is 13.9 Å². The number of nitrogens with one attached hydrogen (secondary N) is 2. The van der Waals surface area contributed by atoms with Crippen LogP contribution in [0.25, 0.3) is 0 Å². The van der Waals surface area contributed by atoms with E-state index in [-0.39, 0.29) is 22.9 Å². The Kier molecular flexibility index (Phi) is 7.17. The second-order valence-corrected chi connectivity index (χ2v) is 9.45. The number of sulfonamides is 1. The molecular formula is C23H22ClN3O4S. The first-order chi connectivity index (χ1) is 15.2. The first-order valence-electron chi connectivity index (χ1n) is 9.66. The normalized spacial score (nSPS) is 11.0. The average molecular weight is 472 g/mol. The number of anilines is 2.